The molecule has 2 N–H and O–H groups in total. The maximum atomic E-state index is 13.3. The van der Waals surface area contributed by atoms with Crippen molar-refractivity contribution < 1.29 is 18.8 Å². The summed E-state index contributed by atoms with van der Waals surface area (Å²) in [4.78, 5) is 39.1. The molecule has 2 aliphatic rings. The molecule has 0 bridgehead atoms. The van der Waals surface area contributed by atoms with Crippen LogP contribution in [0.4, 0.5) is 9.18 Å². The third kappa shape index (κ3) is 3.95. The monoisotopic (exact) mass is 400 g/mol. The second kappa shape index (κ2) is 8.19. The maximum absolute atomic E-state index is 13.3. The van der Waals surface area contributed by atoms with Crippen LogP contribution in [0.5, 0.6) is 0 Å². The Morgan fingerprint density at radius 3 is 2.38 bits per heavy atom. The van der Waals surface area contributed by atoms with Crippen molar-refractivity contribution in [2.45, 2.75) is 62.9 Å². The first-order valence-corrected chi connectivity index (χ1v) is 9.98. The van der Waals surface area contributed by atoms with Gasteiger partial charge in [0.25, 0.3) is 5.91 Å². The van der Waals surface area contributed by atoms with Crippen molar-refractivity contribution in [1.82, 2.24) is 15.5 Å². The standard InChI is InChI=1S/C21H25FN4O3/c1-2-21(15-7-9-16(22)10-8-15)18(28)26(19(29)25-21)13-17(27)24-20(14-23)11-5-3-4-6-12-20/h7-10H,2-6,11-13H2,1H3,(H,24,27)(H,25,29). The Morgan fingerprint density at radius 2 is 1.83 bits per heavy atom. The van der Waals surface area contributed by atoms with E-state index in [1.807, 2.05) is 0 Å². The number of halogens is 1. The van der Waals surface area contributed by atoms with Crippen LogP contribution in [-0.4, -0.2) is 34.8 Å². The average molecular weight is 400 g/mol. The van der Waals surface area contributed by atoms with E-state index in [0.717, 1.165) is 30.6 Å². The van der Waals surface area contributed by atoms with Gasteiger partial charge >= 0.3 is 6.03 Å². The fourth-order valence-corrected chi connectivity index (χ4v) is 4.19. The third-order valence-electron chi connectivity index (χ3n) is 5.89. The number of urea groups is 1. The molecule has 1 aliphatic carbocycles. The highest BCUT2D eigenvalue weighted by atomic mass is 19.1. The highest BCUT2D eigenvalue weighted by Gasteiger charge is 2.51. The third-order valence-corrected chi connectivity index (χ3v) is 5.89. The molecule has 0 spiro atoms. The summed E-state index contributed by atoms with van der Waals surface area (Å²) in [6, 6.07) is 6.91. The Hall–Kier alpha value is -2.95. The minimum atomic E-state index is -1.33. The van der Waals surface area contributed by atoms with Crippen LogP contribution < -0.4 is 10.6 Å². The number of imide groups is 1. The Morgan fingerprint density at radius 1 is 1.21 bits per heavy atom. The molecule has 1 heterocycles. The number of hydrogen-bond donors (Lipinski definition) is 2. The summed E-state index contributed by atoms with van der Waals surface area (Å²) in [7, 11) is 0. The van der Waals surface area contributed by atoms with E-state index in [1.165, 1.54) is 24.3 Å². The Kier molecular flexibility index (Phi) is 5.87. The molecular formula is C21H25FN4O3. The van der Waals surface area contributed by atoms with Crippen LogP contribution in [0.1, 0.15) is 57.4 Å². The van der Waals surface area contributed by atoms with Gasteiger partial charge in [-0.25, -0.2) is 9.18 Å². The molecule has 0 aromatic heterocycles. The first-order chi connectivity index (χ1) is 13.9. The molecule has 1 aromatic carbocycles. The van der Waals surface area contributed by atoms with Gasteiger partial charge in [-0.1, -0.05) is 44.7 Å². The predicted molar refractivity (Wildman–Crippen MR) is 103 cm³/mol. The molecule has 1 saturated carbocycles. The topological polar surface area (TPSA) is 102 Å². The lowest BCUT2D eigenvalue weighted by molar-refractivity contribution is -0.135. The van der Waals surface area contributed by atoms with E-state index >= 15 is 0 Å². The molecule has 7 nitrogen and oxygen atoms in total. The van der Waals surface area contributed by atoms with Crippen LogP contribution >= 0.6 is 0 Å². The van der Waals surface area contributed by atoms with Gasteiger partial charge in [-0.15, -0.1) is 0 Å². The number of rotatable bonds is 5. The molecule has 3 rings (SSSR count). The largest absolute Gasteiger partial charge is 0.336 e. The van der Waals surface area contributed by atoms with E-state index < -0.39 is 41.3 Å². The van der Waals surface area contributed by atoms with Crippen molar-refractivity contribution in [3.8, 4) is 6.07 Å². The molecular weight excluding hydrogens is 375 g/mol. The van der Waals surface area contributed by atoms with Gasteiger partial charge in [-0.3, -0.25) is 14.5 Å². The van der Waals surface area contributed by atoms with Crippen LogP contribution in [0, 0.1) is 17.1 Å². The fraction of sp³-hybridized carbons (Fsp3) is 0.524. The number of nitrogens with one attached hydrogen (secondary N) is 2. The highest BCUT2D eigenvalue weighted by molar-refractivity contribution is 6.09. The number of nitrogens with zero attached hydrogens (tertiary/aromatic N) is 2. The summed E-state index contributed by atoms with van der Waals surface area (Å²) in [5.41, 5.74) is -1.83. The minimum Gasteiger partial charge on any atom is -0.336 e. The van der Waals surface area contributed by atoms with Crippen molar-refractivity contribution in [3.05, 3.63) is 35.6 Å². The van der Waals surface area contributed by atoms with Crippen LogP contribution in [0.2, 0.25) is 0 Å². The molecule has 0 radical (unpaired) electrons. The molecule has 8 heteroatoms. The van der Waals surface area contributed by atoms with E-state index in [1.54, 1.807) is 6.92 Å². The van der Waals surface area contributed by atoms with E-state index in [-0.39, 0.29) is 6.42 Å². The molecule has 1 aliphatic heterocycles. The molecule has 1 saturated heterocycles. The maximum Gasteiger partial charge on any atom is 0.325 e. The molecule has 1 unspecified atom stereocenters. The predicted octanol–water partition coefficient (Wildman–Crippen LogP) is 2.72. The Balaban J connectivity index is 1.76. The van der Waals surface area contributed by atoms with Gasteiger partial charge in [0, 0.05) is 0 Å². The van der Waals surface area contributed by atoms with Crippen molar-refractivity contribution in [3.63, 3.8) is 0 Å². The molecule has 2 fully saturated rings. The zero-order chi connectivity index (χ0) is 21.1. The van der Waals surface area contributed by atoms with Crippen LogP contribution in [0.3, 0.4) is 0 Å². The number of benzene rings is 1. The number of carbonyl (C=O) groups is 3. The van der Waals surface area contributed by atoms with Gasteiger partial charge in [-0.05, 0) is 37.0 Å². The van der Waals surface area contributed by atoms with E-state index in [0.29, 0.717) is 18.4 Å². The molecule has 4 amide bonds. The molecule has 1 atom stereocenters. The number of amides is 4. The summed E-state index contributed by atoms with van der Waals surface area (Å²) < 4.78 is 13.3. The lowest BCUT2D eigenvalue weighted by Crippen LogP contribution is -2.51. The first-order valence-electron chi connectivity index (χ1n) is 9.98. The van der Waals surface area contributed by atoms with Crippen LogP contribution in [0.15, 0.2) is 24.3 Å². The summed E-state index contributed by atoms with van der Waals surface area (Å²) in [5, 5.41) is 15.0. The van der Waals surface area contributed by atoms with Crippen LogP contribution in [-0.2, 0) is 15.1 Å². The van der Waals surface area contributed by atoms with Crippen molar-refractivity contribution in [2.75, 3.05) is 6.54 Å². The van der Waals surface area contributed by atoms with E-state index in [4.69, 9.17) is 0 Å². The number of nitriles is 1. The van der Waals surface area contributed by atoms with Crippen molar-refractivity contribution >= 4 is 17.8 Å². The zero-order valence-electron chi connectivity index (χ0n) is 16.5. The number of carbonyl (C=O) groups excluding carboxylic acids is 3. The molecule has 29 heavy (non-hydrogen) atoms. The molecule has 1 aromatic rings. The summed E-state index contributed by atoms with van der Waals surface area (Å²) >= 11 is 0. The van der Waals surface area contributed by atoms with Gasteiger partial charge < -0.3 is 10.6 Å². The lowest BCUT2D eigenvalue weighted by Gasteiger charge is -2.28. The Labute approximate surface area is 169 Å². The van der Waals surface area contributed by atoms with Gasteiger partial charge in [0.1, 0.15) is 23.4 Å². The minimum absolute atomic E-state index is 0.253. The van der Waals surface area contributed by atoms with Gasteiger partial charge in [-0.2, -0.15) is 5.26 Å². The van der Waals surface area contributed by atoms with Gasteiger partial charge in [0.2, 0.25) is 5.91 Å². The average Bonchev–Trinajstić information content (AvgIpc) is 2.87. The van der Waals surface area contributed by atoms with Crippen LogP contribution in [0.25, 0.3) is 0 Å². The van der Waals surface area contributed by atoms with Crippen molar-refractivity contribution in [1.29, 1.82) is 5.26 Å². The first kappa shape index (κ1) is 20.8. The smallest absolute Gasteiger partial charge is 0.325 e. The van der Waals surface area contributed by atoms with Gasteiger partial charge in [0.15, 0.2) is 0 Å². The summed E-state index contributed by atoms with van der Waals surface area (Å²) in [6.45, 7) is 1.28. The summed E-state index contributed by atoms with van der Waals surface area (Å²) in [5.74, 6) is -1.54. The van der Waals surface area contributed by atoms with E-state index in [2.05, 4.69) is 16.7 Å². The normalized spacial score (nSPS) is 23.8. The summed E-state index contributed by atoms with van der Waals surface area (Å²) in [6.07, 6.45) is 5.10. The van der Waals surface area contributed by atoms with Gasteiger partial charge in [0.05, 0.1) is 6.07 Å². The van der Waals surface area contributed by atoms with E-state index in [9.17, 15) is 24.0 Å². The lowest BCUT2D eigenvalue weighted by atomic mass is 9.87. The molecule has 154 valence electrons. The Bertz CT molecular complexity index is 840. The highest BCUT2D eigenvalue weighted by Crippen LogP contribution is 2.32. The fourth-order valence-electron chi connectivity index (χ4n) is 4.19. The second-order valence-electron chi connectivity index (χ2n) is 7.74. The second-order valence-corrected chi connectivity index (χ2v) is 7.74. The SMILES string of the molecule is CCC1(c2ccc(F)cc2)NC(=O)N(CC(=O)NC2(C#N)CCCCCC2)C1=O. The number of hydrogen-bond acceptors (Lipinski definition) is 4. The zero-order valence-corrected chi connectivity index (χ0v) is 16.5. The van der Waals surface area contributed by atoms with Crippen molar-refractivity contribution in [2.24, 2.45) is 0 Å². The quantitative estimate of drug-likeness (QED) is 0.586.